The average molecular weight is 168 g/mol. The Morgan fingerprint density at radius 1 is 1.40 bits per heavy atom. The van der Waals surface area contributed by atoms with Gasteiger partial charge in [0.15, 0.2) is 0 Å². The SMILES string of the molecule is O=[N+]([O-])[O-].[Pd+2]. The summed E-state index contributed by atoms with van der Waals surface area (Å²) in [6.07, 6.45) is 0. The second-order valence-electron chi connectivity index (χ2n) is 0.224. The molecule has 0 aromatic heterocycles. The van der Waals surface area contributed by atoms with Crippen molar-refractivity contribution in [3.05, 3.63) is 15.3 Å². The van der Waals surface area contributed by atoms with Crippen LogP contribution in [0.1, 0.15) is 0 Å². The minimum Gasteiger partial charge on any atom is -0.356 e. The topological polar surface area (TPSA) is 66.2 Å². The molecule has 0 aliphatic rings. The zero-order valence-corrected chi connectivity index (χ0v) is 3.54. The van der Waals surface area contributed by atoms with E-state index in [0.29, 0.717) is 0 Å². The van der Waals surface area contributed by atoms with Gasteiger partial charge in [0.25, 0.3) is 0 Å². The molecule has 0 amide bonds. The normalized spacial score (nSPS) is 4.80. The second kappa shape index (κ2) is 3.86. The van der Waals surface area contributed by atoms with Gasteiger partial charge in [0.05, 0.1) is 5.09 Å². The summed E-state index contributed by atoms with van der Waals surface area (Å²) in [4.78, 5) is 8.25. The van der Waals surface area contributed by atoms with E-state index in [1.807, 2.05) is 0 Å². The summed E-state index contributed by atoms with van der Waals surface area (Å²) in [6, 6.07) is 0. The second-order valence-corrected chi connectivity index (χ2v) is 0.224. The zero-order chi connectivity index (χ0) is 3.58. The number of hydrogen-bond donors (Lipinski definition) is 0. The molecule has 4 nitrogen and oxygen atoms in total. The minimum absolute atomic E-state index is 0. The van der Waals surface area contributed by atoms with Gasteiger partial charge in [0.1, 0.15) is 0 Å². The molecule has 0 aromatic carbocycles. The van der Waals surface area contributed by atoms with Crippen LogP contribution < -0.4 is 0 Å². The van der Waals surface area contributed by atoms with Crippen LogP contribution in [0.5, 0.6) is 0 Å². The van der Waals surface area contributed by atoms with Gasteiger partial charge in [0, 0.05) is 0 Å². The minimum atomic E-state index is -1.75. The molecule has 5 heteroatoms. The summed E-state index contributed by atoms with van der Waals surface area (Å²) < 4.78 is 0. The summed E-state index contributed by atoms with van der Waals surface area (Å²) >= 11 is 0. The van der Waals surface area contributed by atoms with Crippen molar-refractivity contribution in [2.24, 2.45) is 0 Å². The summed E-state index contributed by atoms with van der Waals surface area (Å²) in [5.41, 5.74) is 0. The Hall–Kier alpha value is -0.138. The van der Waals surface area contributed by atoms with E-state index in [4.69, 9.17) is 15.3 Å². The van der Waals surface area contributed by atoms with E-state index in [-0.39, 0.29) is 20.4 Å². The molecule has 0 bridgehead atoms. The van der Waals surface area contributed by atoms with Gasteiger partial charge in [-0.05, 0) is 0 Å². The van der Waals surface area contributed by atoms with Crippen molar-refractivity contribution in [2.75, 3.05) is 0 Å². The smallest absolute Gasteiger partial charge is 0.356 e. The third-order valence-electron chi connectivity index (χ3n) is 0. The molecule has 0 aromatic rings. The molecule has 0 N–H and O–H groups in total. The van der Waals surface area contributed by atoms with Crippen LogP contribution in [0.4, 0.5) is 0 Å². The Labute approximate surface area is 41.6 Å². The first-order valence-corrected chi connectivity index (χ1v) is 0.548. The molecule has 0 heterocycles. The van der Waals surface area contributed by atoms with Crippen molar-refractivity contribution in [3.63, 3.8) is 0 Å². The fourth-order valence-electron chi connectivity index (χ4n) is 0. The van der Waals surface area contributed by atoms with Crippen LogP contribution in [0.2, 0.25) is 0 Å². The van der Waals surface area contributed by atoms with Gasteiger partial charge in [-0.2, -0.15) is 0 Å². The molecule has 0 unspecified atom stereocenters. The molecule has 0 fully saturated rings. The van der Waals surface area contributed by atoms with Crippen LogP contribution in [-0.2, 0) is 20.4 Å². The maximum Gasteiger partial charge on any atom is 2.00 e. The van der Waals surface area contributed by atoms with Crippen LogP contribution in [0.3, 0.4) is 0 Å². The fraction of sp³-hybridized carbons (Fsp3) is 0. The third-order valence-corrected chi connectivity index (χ3v) is 0. The van der Waals surface area contributed by atoms with E-state index >= 15 is 0 Å². The molecule has 0 aliphatic carbocycles. The molecule has 0 saturated heterocycles. The van der Waals surface area contributed by atoms with Gasteiger partial charge in [-0.15, -0.1) is 0 Å². The average Bonchev–Trinajstić information content (AvgIpc) is 0.811. The predicted molar refractivity (Wildman–Crippen MR) is 10.4 cm³/mol. The molecule has 0 radical (unpaired) electrons. The molecule has 5 heavy (non-hydrogen) atoms. The first-order valence-electron chi connectivity index (χ1n) is 0.548. The van der Waals surface area contributed by atoms with Gasteiger partial charge in [-0.3, -0.25) is 0 Å². The van der Waals surface area contributed by atoms with Crippen molar-refractivity contribution in [3.8, 4) is 0 Å². The van der Waals surface area contributed by atoms with Crippen LogP contribution in [0.15, 0.2) is 0 Å². The fourth-order valence-corrected chi connectivity index (χ4v) is 0. The van der Waals surface area contributed by atoms with Crippen molar-refractivity contribution in [2.45, 2.75) is 0 Å². The number of hydrogen-bond acceptors (Lipinski definition) is 3. The standard InChI is InChI=1S/NO3.Pd/c2-1(3)4;/q-1;+2. The van der Waals surface area contributed by atoms with Crippen LogP contribution in [-0.4, -0.2) is 5.09 Å². The summed E-state index contributed by atoms with van der Waals surface area (Å²) in [6.45, 7) is 0. The Bertz CT molecular complexity index is 29.9. The zero-order valence-electron chi connectivity index (χ0n) is 1.99. The van der Waals surface area contributed by atoms with Crippen molar-refractivity contribution in [1.82, 2.24) is 0 Å². The number of nitrogens with zero attached hydrogens (tertiary/aromatic N) is 1. The van der Waals surface area contributed by atoms with E-state index in [1.165, 1.54) is 0 Å². The van der Waals surface area contributed by atoms with Crippen LogP contribution in [0.25, 0.3) is 0 Å². The Balaban J connectivity index is 0. The number of rotatable bonds is 0. The molecule has 0 rings (SSSR count). The molecule has 0 atom stereocenters. The maximum atomic E-state index is 8.25. The van der Waals surface area contributed by atoms with E-state index in [2.05, 4.69) is 0 Å². The van der Waals surface area contributed by atoms with Gasteiger partial charge in [0.2, 0.25) is 0 Å². The van der Waals surface area contributed by atoms with Gasteiger partial charge >= 0.3 is 20.4 Å². The molecule has 0 aliphatic heterocycles. The Morgan fingerprint density at radius 3 is 1.40 bits per heavy atom. The quantitative estimate of drug-likeness (QED) is 0.285. The van der Waals surface area contributed by atoms with Crippen LogP contribution in [0, 0.1) is 15.3 Å². The van der Waals surface area contributed by atoms with Gasteiger partial charge in [-0.25, -0.2) is 0 Å². The summed E-state index contributed by atoms with van der Waals surface area (Å²) in [7, 11) is 0. The van der Waals surface area contributed by atoms with Gasteiger partial charge < -0.3 is 15.3 Å². The predicted octanol–water partition coefficient (Wildman–Crippen LogP) is -0.242. The largest absolute Gasteiger partial charge is 2.00 e. The molecular formula is NO3Pd+. The van der Waals surface area contributed by atoms with E-state index in [9.17, 15) is 0 Å². The van der Waals surface area contributed by atoms with Gasteiger partial charge in [-0.1, -0.05) is 0 Å². The van der Waals surface area contributed by atoms with Crippen LogP contribution >= 0.6 is 0 Å². The van der Waals surface area contributed by atoms with Crippen molar-refractivity contribution >= 4 is 0 Å². The molecular weight excluding hydrogens is 168 g/mol. The first-order chi connectivity index (χ1) is 1.73. The Morgan fingerprint density at radius 2 is 1.40 bits per heavy atom. The van der Waals surface area contributed by atoms with E-state index < -0.39 is 5.09 Å². The maximum absolute atomic E-state index is 8.25. The van der Waals surface area contributed by atoms with Crippen molar-refractivity contribution in [1.29, 1.82) is 0 Å². The van der Waals surface area contributed by atoms with E-state index in [1.54, 1.807) is 0 Å². The summed E-state index contributed by atoms with van der Waals surface area (Å²) in [5.74, 6) is 0. The third kappa shape index (κ3) is 707. The summed E-state index contributed by atoms with van der Waals surface area (Å²) in [5, 5.41) is 14.8. The van der Waals surface area contributed by atoms with Crippen molar-refractivity contribution < 1.29 is 25.5 Å². The molecule has 0 saturated carbocycles. The monoisotopic (exact) mass is 168 g/mol. The first kappa shape index (κ1) is 8.85. The van der Waals surface area contributed by atoms with E-state index in [0.717, 1.165) is 0 Å². The molecule has 32 valence electrons. The Kier molecular flexibility index (Phi) is 6.84. The molecule has 0 spiro atoms.